The lowest BCUT2D eigenvalue weighted by Gasteiger charge is -2.40. The Labute approximate surface area is 173 Å². The van der Waals surface area contributed by atoms with Gasteiger partial charge in [-0.2, -0.15) is 0 Å². The Morgan fingerprint density at radius 1 is 0.966 bits per heavy atom. The number of hydrogen-bond donors (Lipinski definition) is 1. The lowest BCUT2D eigenvalue weighted by Crippen LogP contribution is -2.48. The molecule has 154 valence electrons. The summed E-state index contributed by atoms with van der Waals surface area (Å²) in [5.41, 5.74) is 3.47. The van der Waals surface area contributed by atoms with Crippen LogP contribution in [0.15, 0.2) is 48.5 Å². The van der Waals surface area contributed by atoms with Crippen molar-refractivity contribution in [2.24, 2.45) is 0 Å². The van der Waals surface area contributed by atoms with E-state index in [1.54, 1.807) is 0 Å². The van der Waals surface area contributed by atoms with Crippen molar-refractivity contribution in [3.8, 4) is 5.75 Å². The molecule has 5 nitrogen and oxygen atoms in total. The zero-order valence-electron chi connectivity index (χ0n) is 17.6. The first-order valence-electron chi connectivity index (χ1n) is 10.5. The minimum atomic E-state index is -0.0654. The van der Waals surface area contributed by atoms with E-state index in [2.05, 4.69) is 43.1 Å². The van der Waals surface area contributed by atoms with Crippen molar-refractivity contribution in [2.75, 3.05) is 18.4 Å². The first-order chi connectivity index (χ1) is 13.9. The number of rotatable bonds is 3. The van der Waals surface area contributed by atoms with Crippen LogP contribution < -0.4 is 10.1 Å². The molecule has 0 aliphatic carbocycles. The van der Waals surface area contributed by atoms with Gasteiger partial charge in [-0.25, -0.2) is 4.79 Å². The Balaban J connectivity index is 1.27. The van der Waals surface area contributed by atoms with Crippen LogP contribution in [-0.4, -0.2) is 40.6 Å². The number of amides is 2. The summed E-state index contributed by atoms with van der Waals surface area (Å²) in [6, 6.07) is 15.9. The molecule has 4 rings (SSSR count). The van der Waals surface area contributed by atoms with E-state index in [-0.39, 0.29) is 17.7 Å². The Morgan fingerprint density at radius 3 is 2.10 bits per heavy atom. The number of carbonyl (C=O) groups is 1. The third-order valence-electron chi connectivity index (χ3n) is 5.93. The molecule has 0 saturated carbocycles. The fraction of sp³-hybridized carbons (Fsp3) is 0.458. The third-order valence-corrected chi connectivity index (χ3v) is 5.93. The average molecular weight is 394 g/mol. The van der Waals surface area contributed by atoms with Crippen molar-refractivity contribution >= 4 is 11.7 Å². The first-order valence-corrected chi connectivity index (χ1v) is 10.5. The minimum Gasteiger partial charge on any atom is -0.490 e. The maximum absolute atomic E-state index is 12.6. The van der Waals surface area contributed by atoms with E-state index in [9.17, 15) is 4.79 Å². The first kappa shape index (κ1) is 19.8. The summed E-state index contributed by atoms with van der Waals surface area (Å²) in [7, 11) is 0. The highest BCUT2D eigenvalue weighted by Gasteiger charge is 2.28. The highest BCUT2D eigenvalue weighted by molar-refractivity contribution is 5.89. The van der Waals surface area contributed by atoms with Crippen LogP contribution in [0.25, 0.3) is 0 Å². The van der Waals surface area contributed by atoms with Gasteiger partial charge in [-0.3, -0.25) is 4.90 Å². The van der Waals surface area contributed by atoms with Crippen LogP contribution >= 0.6 is 0 Å². The standard InChI is InChI=1S/C24H31N3O2/c1-24(2,3)27-14-12-22(13-15-27)29-21-10-8-20(9-11-21)25-23(28)26-16-18-6-4-5-7-19(18)17-26/h4-11,22H,12-17H2,1-3H3,(H,25,28). The molecule has 0 aromatic heterocycles. The number of anilines is 1. The minimum absolute atomic E-state index is 0.0654. The van der Waals surface area contributed by atoms with E-state index >= 15 is 0 Å². The van der Waals surface area contributed by atoms with Gasteiger partial charge in [-0.05, 0) is 69.0 Å². The summed E-state index contributed by atoms with van der Waals surface area (Å²) < 4.78 is 6.17. The molecule has 0 spiro atoms. The predicted molar refractivity (Wildman–Crippen MR) is 116 cm³/mol. The summed E-state index contributed by atoms with van der Waals surface area (Å²) >= 11 is 0. The Morgan fingerprint density at radius 2 is 1.55 bits per heavy atom. The second-order valence-corrected chi connectivity index (χ2v) is 9.05. The molecule has 2 aliphatic rings. The van der Waals surface area contributed by atoms with Crippen molar-refractivity contribution < 1.29 is 9.53 Å². The summed E-state index contributed by atoms with van der Waals surface area (Å²) in [4.78, 5) is 16.9. The predicted octanol–water partition coefficient (Wildman–Crippen LogP) is 4.88. The third kappa shape index (κ3) is 4.73. The van der Waals surface area contributed by atoms with Crippen LogP contribution in [-0.2, 0) is 13.1 Å². The second kappa shape index (κ2) is 8.07. The highest BCUT2D eigenvalue weighted by Crippen LogP contribution is 2.26. The van der Waals surface area contributed by atoms with Gasteiger partial charge in [0, 0.05) is 37.4 Å². The molecule has 2 aliphatic heterocycles. The number of carbonyl (C=O) groups excluding carboxylic acids is 1. The zero-order valence-corrected chi connectivity index (χ0v) is 17.6. The lowest BCUT2D eigenvalue weighted by molar-refractivity contribution is 0.0491. The van der Waals surface area contributed by atoms with Crippen LogP contribution in [0.4, 0.5) is 10.5 Å². The topological polar surface area (TPSA) is 44.8 Å². The Kier molecular flexibility index (Phi) is 5.50. The molecule has 1 saturated heterocycles. The number of nitrogens with zero attached hydrogens (tertiary/aromatic N) is 2. The van der Waals surface area contributed by atoms with Gasteiger partial charge in [-0.15, -0.1) is 0 Å². The van der Waals surface area contributed by atoms with Crippen LogP contribution in [0.1, 0.15) is 44.7 Å². The van der Waals surface area contributed by atoms with Gasteiger partial charge in [0.15, 0.2) is 0 Å². The van der Waals surface area contributed by atoms with Crippen molar-refractivity contribution in [3.05, 3.63) is 59.7 Å². The van der Waals surface area contributed by atoms with Gasteiger partial charge < -0.3 is 15.0 Å². The quantitative estimate of drug-likeness (QED) is 0.809. The van der Waals surface area contributed by atoms with Gasteiger partial charge >= 0.3 is 6.03 Å². The maximum Gasteiger partial charge on any atom is 0.322 e. The number of piperidine rings is 1. The van der Waals surface area contributed by atoms with Crippen molar-refractivity contribution in [3.63, 3.8) is 0 Å². The SMILES string of the molecule is CC(C)(C)N1CCC(Oc2ccc(NC(=O)N3Cc4ccccc4C3)cc2)CC1. The summed E-state index contributed by atoms with van der Waals surface area (Å²) in [5.74, 6) is 0.866. The number of nitrogens with one attached hydrogen (secondary N) is 1. The normalized spacial score (nSPS) is 17.8. The van der Waals surface area contributed by atoms with Crippen molar-refractivity contribution in [2.45, 2.75) is 58.3 Å². The fourth-order valence-electron chi connectivity index (χ4n) is 4.13. The van der Waals surface area contributed by atoms with E-state index < -0.39 is 0 Å². The fourth-order valence-corrected chi connectivity index (χ4v) is 4.13. The van der Waals surface area contributed by atoms with E-state index in [0.29, 0.717) is 13.1 Å². The number of likely N-dealkylation sites (tertiary alicyclic amines) is 1. The summed E-state index contributed by atoms with van der Waals surface area (Å²) in [5, 5.41) is 3.00. The molecule has 0 atom stereocenters. The molecule has 2 heterocycles. The number of fused-ring (bicyclic) bond motifs is 1. The molecule has 2 amide bonds. The summed E-state index contributed by atoms with van der Waals surface area (Å²) in [6.45, 7) is 10.3. The number of hydrogen-bond acceptors (Lipinski definition) is 3. The van der Waals surface area contributed by atoms with Crippen molar-refractivity contribution in [1.82, 2.24) is 9.80 Å². The van der Waals surface area contributed by atoms with Crippen LogP contribution in [0.5, 0.6) is 5.75 Å². The zero-order chi connectivity index (χ0) is 20.4. The van der Waals surface area contributed by atoms with Gasteiger partial charge in [0.1, 0.15) is 11.9 Å². The van der Waals surface area contributed by atoms with E-state index in [1.807, 2.05) is 41.3 Å². The second-order valence-electron chi connectivity index (χ2n) is 9.05. The molecule has 1 N–H and O–H groups in total. The Bertz CT molecular complexity index is 824. The van der Waals surface area contributed by atoms with Crippen LogP contribution in [0, 0.1) is 0 Å². The highest BCUT2D eigenvalue weighted by atomic mass is 16.5. The number of benzene rings is 2. The lowest BCUT2D eigenvalue weighted by atomic mass is 9.99. The van der Waals surface area contributed by atoms with Crippen molar-refractivity contribution in [1.29, 1.82) is 0 Å². The molecule has 0 unspecified atom stereocenters. The molecule has 29 heavy (non-hydrogen) atoms. The monoisotopic (exact) mass is 393 g/mol. The summed E-state index contributed by atoms with van der Waals surface area (Å²) in [6.07, 6.45) is 2.36. The molecular weight excluding hydrogens is 362 g/mol. The average Bonchev–Trinajstić information content (AvgIpc) is 3.14. The van der Waals surface area contributed by atoms with Gasteiger partial charge in [0.05, 0.1) is 0 Å². The molecule has 1 fully saturated rings. The number of ether oxygens (including phenoxy) is 1. The molecular formula is C24H31N3O2. The molecule has 5 heteroatoms. The smallest absolute Gasteiger partial charge is 0.322 e. The maximum atomic E-state index is 12.6. The largest absolute Gasteiger partial charge is 0.490 e. The Hall–Kier alpha value is -2.53. The van der Waals surface area contributed by atoms with Gasteiger partial charge in [0.25, 0.3) is 0 Å². The van der Waals surface area contributed by atoms with E-state index in [0.717, 1.165) is 37.4 Å². The van der Waals surface area contributed by atoms with Gasteiger partial charge in [-0.1, -0.05) is 24.3 Å². The molecule has 0 radical (unpaired) electrons. The van der Waals surface area contributed by atoms with Gasteiger partial charge in [0.2, 0.25) is 0 Å². The molecule has 0 bridgehead atoms. The van der Waals surface area contributed by atoms with Crippen LogP contribution in [0.3, 0.4) is 0 Å². The van der Waals surface area contributed by atoms with E-state index in [4.69, 9.17) is 4.74 Å². The molecule has 2 aromatic rings. The van der Waals surface area contributed by atoms with Crippen LogP contribution in [0.2, 0.25) is 0 Å². The molecule has 2 aromatic carbocycles. The van der Waals surface area contributed by atoms with E-state index in [1.165, 1.54) is 11.1 Å². The number of urea groups is 1.